The highest BCUT2D eigenvalue weighted by molar-refractivity contribution is 5.61. The van der Waals surface area contributed by atoms with E-state index in [9.17, 15) is 5.11 Å². The maximum Gasteiger partial charge on any atom is 0.225 e. The molecule has 0 saturated carbocycles. The highest BCUT2D eigenvalue weighted by Gasteiger charge is 2.10. The molecule has 0 unspecified atom stereocenters. The summed E-state index contributed by atoms with van der Waals surface area (Å²) in [7, 11) is 0. The van der Waals surface area contributed by atoms with E-state index in [1.807, 2.05) is 43.3 Å². The first-order chi connectivity index (χ1) is 11.7. The van der Waals surface area contributed by atoms with Crippen LogP contribution < -0.4 is 10.6 Å². The van der Waals surface area contributed by atoms with Crippen LogP contribution in [0.3, 0.4) is 0 Å². The number of furan rings is 1. The molecule has 24 heavy (non-hydrogen) atoms. The molecule has 7 heteroatoms. The molecule has 1 atom stereocenters. The number of nitrogens with one attached hydrogen (secondary N) is 2. The molecule has 0 bridgehead atoms. The Morgan fingerprint density at radius 1 is 1.17 bits per heavy atom. The first kappa shape index (κ1) is 15.9. The van der Waals surface area contributed by atoms with Gasteiger partial charge in [-0.05, 0) is 31.2 Å². The fourth-order valence-electron chi connectivity index (χ4n) is 2.10. The van der Waals surface area contributed by atoms with E-state index >= 15 is 0 Å². The average molecular weight is 325 g/mol. The molecular weight excluding hydrogens is 306 g/mol. The molecule has 3 aromatic heterocycles. The Labute approximate surface area is 139 Å². The van der Waals surface area contributed by atoms with E-state index < -0.39 is 0 Å². The van der Waals surface area contributed by atoms with Gasteiger partial charge >= 0.3 is 0 Å². The van der Waals surface area contributed by atoms with Crippen molar-refractivity contribution >= 4 is 11.8 Å². The second-order valence-electron chi connectivity index (χ2n) is 5.34. The highest BCUT2D eigenvalue weighted by Crippen LogP contribution is 2.20. The average Bonchev–Trinajstić information content (AvgIpc) is 3.14. The van der Waals surface area contributed by atoms with Gasteiger partial charge in [0.05, 0.1) is 30.8 Å². The monoisotopic (exact) mass is 325 g/mol. The van der Waals surface area contributed by atoms with E-state index in [1.165, 1.54) is 0 Å². The van der Waals surface area contributed by atoms with Gasteiger partial charge in [0.1, 0.15) is 11.6 Å². The zero-order valence-corrected chi connectivity index (χ0v) is 13.3. The van der Waals surface area contributed by atoms with Crippen LogP contribution in [0, 0.1) is 0 Å². The Morgan fingerprint density at radius 3 is 2.79 bits per heavy atom. The normalized spacial score (nSPS) is 11.9. The van der Waals surface area contributed by atoms with E-state index in [2.05, 4.69) is 25.6 Å². The summed E-state index contributed by atoms with van der Waals surface area (Å²) in [4.78, 5) is 13.2. The summed E-state index contributed by atoms with van der Waals surface area (Å²) in [6.07, 6.45) is 3.35. The van der Waals surface area contributed by atoms with Crippen LogP contribution in [-0.4, -0.2) is 32.7 Å². The number of nitrogens with zero attached hydrogens (tertiary/aromatic N) is 3. The molecule has 0 fully saturated rings. The van der Waals surface area contributed by atoms with Crippen LogP contribution in [0.2, 0.25) is 0 Å². The minimum absolute atomic E-state index is 0.00761. The molecule has 0 aromatic carbocycles. The minimum atomic E-state index is -0.151. The van der Waals surface area contributed by atoms with Gasteiger partial charge in [0.15, 0.2) is 0 Å². The van der Waals surface area contributed by atoms with Gasteiger partial charge in [-0.15, -0.1) is 0 Å². The van der Waals surface area contributed by atoms with Gasteiger partial charge in [-0.25, -0.2) is 4.98 Å². The van der Waals surface area contributed by atoms with Crippen molar-refractivity contribution in [2.24, 2.45) is 0 Å². The van der Waals surface area contributed by atoms with E-state index in [4.69, 9.17) is 4.42 Å². The third kappa shape index (κ3) is 4.08. The van der Waals surface area contributed by atoms with Crippen LogP contribution >= 0.6 is 0 Å². The third-order valence-electron chi connectivity index (χ3n) is 3.33. The zero-order chi connectivity index (χ0) is 16.8. The number of aromatic nitrogens is 3. The number of hydrogen-bond acceptors (Lipinski definition) is 7. The number of pyridine rings is 1. The lowest BCUT2D eigenvalue weighted by Crippen LogP contribution is -2.21. The van der Waals surface area contributed by atoms with Crippen LogP contribution in [0.25, 0.3) is 11.4 Å². The maximum atomic E-state index is 9.22. The number of anilines is 2. The minimum Gasteiger partial charge on any atom is -0.467 e. The van der Waals surface area contributed by atoms with Gasteiger partial charge in [0.2, 0.25) is 5.95 Å². The van der Waals surface area contributed by atoms with Crippen molar-refractivity contribution < 1.29 is 9.52 Å². The van der Waals surface area contributed by atoms with Gasteiger partial charge in [-0.1, -0.05) is 6.07 Å². The fourth-order valence-corrected chi connectivity index (χ4v) is 2.10. The molecular formula is C17H19N5O2. The highest BCUT2D eigenvalue weighted by atomic mass is 16.3. The van der Waals surface area contributed by atoms with Crippen LogP contribution in [-0.2, 0) is 6.54 Å². The molecule has 3 heterocycles. The summed E-state index contributed by atoms with van der Waals surface area (Å²) in [5, 5.41) is 15.5. The Morgan fingerprint density at radius 2 is 2.08 bits per heavy atom. The first-order valence-electron chi connectivity index (χ1n) is 7.69. The maximum absolute atomic E-state index is 9.22. The van der Waals surface area contributed by atoms with Crippen molar-refractivity contribution in [3.05, 3.63) is 54.6 Å². The standard InChI is InChI=1S/C17H19N5O2/c1-12(11-23)20-17-21-15(14-6-2-3-7-18-14)9-16(22-17)19-10-13-5-4-8-24-13/h2-9,12,23H,10-11H2,1H3,(H2,19,20,21,22)/t12-/m1/s1. The molecule has 0 amide bonds. The van der Waals surface area contributed by atoms with Gasteiger partial charge in [-0.2, -0.15) is 4.98 Å². The number of aliphatic hydroxyl groups excluding tert-OH is 1. The van der Waals surface area contributed by atoms with Gasteiger partial charge < -0.3 is 20.2 Å². The summed E-state index contributed by atoms with van der Waals surface area (Å²) in [6.45, 7) is 2.36. The molecule has 3 N–H and O–H groups in total. The molecule has 7 nitrogen and oxygen atoms in total. The summed E-state index contributed by atoms with van der Waals surface area (Å²) >= 11 is 0. The summed E-state index contributed by atoms with van der Waals surface area (Å²) in [6, 6.07) is 11.1. The van der Waals surface area contributed by atoms with E-state index in [1.54, 1.807) is 12.5 Å². The number of hydrogen-bond donors (Lipinski definition) is 3. The second kappa shape index (κ2) is 7.56. The van der Waals surface area contributed by atoms with Crippen molar-refractivity contribution in [1.82, 2.24) is 15.0 Å². The van der Waals surface area contributed by atoms with Crippen molar-refractivity contribution in [2.75, 3.05) is 17.2 Å². The lowest BCUT2D eigenvalue weighted by Gasteiger charge is -2.13. The number of rotatable bonds is 7. The van der Waals surface area contributed by atoms with E-state index in [0.29, 0.717) is 24.0 Å². The molecule has 0 radical (unpaired) electrons. The second-order valence-corrected chi connectivity index (χ2v) is 5.34. The topological polar surface area (TPSA) is 96.1 Å². The molecule has 0 spiro atoms. The molecule has 0 aliphatic rings. The molecule has 0 aliphatic carbocycles. The molecule has 124 valence electrons. The van der Waals surface area contributed by atoms with Crippen molar-refractivity contribution in [3.8, 4) is 11.4 Å². The summed E-state index contributed by atoms with van der Waals surface area (Å²) in [5.41, 5.74) is 1.45. The smallest absolute Gasteiger partial charge is 0.225 e. The predicted octanol–water partition coefficient (Wildman–Crippen LogP) is 2.54. The Hall–Kier alpha value is -2.93. The third-order valence-corrected chi connectivity index (χ3v) is 3.33. The van der Waals surface area contributed by atoms with Gasteiger partial charge in [0.25, 0.3) is 0 Å². The van der Waals surface area contributed by atoms with Crippen LogP contribution in [0.15, 0.2) is 53.3 Å². The number of aliphatic hydroxyl groups is 1. The van der Waals surface area contributed by atoms with Crippen molar-refractivity contribution in [1.29, 1.82) is 0 Å². The largest absolute Gasteiger partial charge is 0.467 e. The van der Waals surface area contributed by atoms with E-state index in [-0.39, 0.29) is 12.6 Å². The molecule has 0 saturated heterocycles. The fraction of sp³-hybridized carbons (Fsp3) is 0.235. The van der Waals surface area contributed by atoms with Crippen LogP contribution in [0.4, 0.5) is 11.8 Å². The van der Waals surface area contributed by atoms with Crippen molar-refractivity contribution in [2.45, 2.75) is 19.5 Å². The summed E-state index contributed by atoms with van der Waals surface area (Å²) in [5.74, 6) is 1.89. The molecule has 3 aromatic rings. The zero-order valence-electron chi connectivity index (χ0n) is 13.3. The van der Waals surface area contributed by atoms with Gasteiger partial charge in [-0.3, -0.25) is 4.98 Å². The lowest BCUT2D eigenvalue weighted by atomic mass is 10.2. The lowest BCUT2D eigenvalue weighted by molar-refractivity contribution is 0.281. The summed E-state index contributed by atoms with van der Waals surface area (Å²) < 4.78 is 5.32. The first-order valence-corrected chi connectivity index (χ1v) is 7.69. The van der Waals surface area contributed by atoms with E-state index in [0.717, 1.165) is 11.5 Å². The Balaban J connectivity index is 1.87. The SMILES string of the molecule is C[C@H](CO)Nc1nc(NCc2ccco2)cc(-c2ccccn2)n1. The van der Waals surface area contributed by atoms with Gasteiger partial charge in [0, 0.05) is 18.3 Å². The Bertz CT molecular complexity index is 762. The van der Waals surface area contributed by atoms with Crippen LogP contribution in [0.5, 0.6) is 0 Å². The Kier molecular flexibility index (Phi) is 5.02. The molecule has 3 rings (SSSR count). The predicted molar refractivity (Wildman–Crippen MR) is 91.5 cm³/mol. The quantitative estimate of drug-likeness (QED) is 0.614. The van der Waals surface area contributed by atoms with Crippen LogP contribution in [0.1, 0.15) is 12.7 Å². The van der Waals surface area contributed by atoms with Crippen molar-refractivity contribution in [3.63, 3.8) is 0 Å². The molecule has 0 aliphatic heterocycles.